The van der Waals surface area contributed by atoms with Crippen LogP contribution in [0.1, 0.15) is 69.9 Å². The molecule has 0 fully saturated rings. The van der Waals surface area contributed by atoms with Gasteiger partial charge in [0.2, 0.25) is 5.91 Å². The van der Waals surface area contributed by atoms with E-state index >= 15 is 0 Å². The maximum absolute atomic E-state index is 13.0. The maximum Gasteiger partial charge on any atom is 0.331 e. The van der Waals surface area contributed by atoms with Crippen molar-refractivity contribution in [1.82, 2.24) is 5.32 Å². The van der Waals surface area contributed by atoms with Gasteiger partial charge in [-0.3, -0.25) is 19.2 Å². The van der Waals surface area contributed by atoms with Gasteiger partial charge in [-0.25, -0.2) is 4.79 Å². The van der Waals surface area contributed by atoms with E-state index in [-0.39, 0.29) is 89.7 Å². The number of methoxy groups -OCH3 is 1. The molecule has 1 atom stereocenters. The number of fused-ring (bicyclic) bond motifs is 3. The van der Waals surface area contributed by atoms with Crippen molar-refractivity contribution in [2.75, 3.05) is 73.1 Å². The summed E-state index contributed by atoms with van der Waals surface area (Å²) in [5.41, 5.74) is 3.67. The molecule has 1 amide bonds. The zero-order chi connectivity index (χ0) is 37.8. The molecule has 0 spiro atoms. The van der Waals surface area contributed by atoms with Crippen molar-refractivity contribution in [3.63, 3.8) is 0 Å². The zero-order valence-electron chi connectivity index (χ0n) is 30.8. The lowest BCUT2D eigenvalue weighted by atomic mass is 9.97. The van der Waals surface area contributed by atoms with Crippen LogP contribution in [0.4, 0.5) is 0 Å². The topological polar surface area (TPSA) is 162 Å². The summed E-state index contributed by atoms with van der Waals surface area (Å²) in [5.74, 6) is -2.82. The summed E-state index contributed by atoms with van der Waals surface area (Å²) in [7, 11) is 1.29. The van der Waals surface area contributed by atoms with Gasteiger partial charge in [0, 0.05) is 31.9 Å². The molecule has 13 heteroatoms. The van der Waals surface area contributed by atoms with Crippen LogP contribution in [0.15, 0.2) is 48.5 Å². The number of benzene rings is 2. The van der Waals surface area contributed by atoms with E-state index in [1.165, 1.54) is 7.11 Å². The van der Waals surface area contributed by atoms with Crippen LogP contribution in [0.3, 0.4) is 0 Å². The van der Waals surface area contributed by atoms with Crippen molar-refractivity contribution in [2.45, 2.75) is 64.4 Å². The number of hydrogen-bond donors (Lipinski definition) is 1. The van der Waals surface area contributed by atoms with Crippen molar-refractivity contribution in [2.24, 2.45) is 5.92 Å². The number of carbonyl (C=O) groups excluding carboxylic acids is 5. The van der Waals surface area contributed by atoms with Crippen LogP contribution in [-0.4, -0.2) is 108 Å². The molecule has 1 aliphatic rings. The monoisotopic (exact) mass is 727 g/mol. The summed E-state index contributed by atoms with van der Waals surface area (Å²) in [4.78, 5) is 61.5. The van der Waals surface area contributed by atoms with Crippen molar-refractivity contribution < 1.29 is 57.1 Å². The number of Topliss-reactive ketones (excluding diaryl/α,β-unsaturated/α-hetero) is 1. The Hall–Kier alpha value is -4.17. The number of nitrogens with one attached hydrogen (secondary N) is 1. The van der Waals surface area contributed by atoms with E-state index in [1.807, 2.05) is 36.4 Å². The largest absolute Gasteiger partial charge is 0.467 e. The number of amides is 1. The molecule has 0 unspecified atom stereocenters. The molecule has 13 nitrogen and oxygen atoms in total. The number of esters is 3. The second-order valence-corrected chi connectivity index (χ2v) is 13.3. The van der Waals surface area contributed by atoms with Crippen molar-refractivity contribution in [3.05, 3.63) is 59.7 Å². The first-order valence-electron chi connectivity index (χ1n) is 17.7. The van der Waals surface area contributed by atoms with Crippen molar-refractivity contribution >= 4 is 29.6 Å². The molecular weight excluding hydrogens is 674 g/mol. The minimum atomic E-state index is -0.844. The van der Waals surface area contributed by atoms with E-state index in [9.17, 15) is 24.0 Å². The average Bonchev–Trinajstić information content (AvgIpc) is 3.43. The molecule has 2 aromatic carbocycles. The Morgan fingerprint density at radius 2 is 1.33 bits per heavy atom. The molecular formula is C39H53NO12. The van der Waals surface area contributed by atoms with Gasteiger partial charge < -0.3 is 38.5 Å². The standard InChI is InChI=1S/C39H53NO12/c1-39(2,3)52-38(45)28(24-36(43)51-26-34-32-13-7-5-11-30(32)31-12-6-8-14-33(31)34)15-16-35(42)40-17-19-48-21-22-49-25-29(41)10-9-18-47-20-23-50-27-37(44)46-4/h5-8,11-14,28,34H,9-10,15-27H2,1-4H3,(H,40,42)/t28-/m1/s1. The molecule has 1 aliphatic carbocycles. The van der Waals surface area contributed by atoms with E-state index in [4.69, 9.17) is 28.4 Å². The molecule has 286 valence electrons. The summed E-state index contributed by atoms with van der Waals surface area (Å²) in [5, 5.41) is 2.75. The summed E-state index contributed by atoms with van der Waals surface area (Å²) in [6.07, 6.45) is 0.789. The Bertz CT molecular complexity index is 1410. The molecule has 1 N–H and O–H groups in total. The maximum atomic E-state index is 13.0. The SMILES string of the molecule is COC(=O)COCCOCCCC(=O)COCCOCCNC(=O)CC[C@H](CC(=O)OCC1c2ccccc2-c2ccccc21)C(=O)OC(C)(C)C. The molecule has 0 aromatic heterocycles. The fourth-order valence-electron chi connectivity index (χ4n) is 5.50. The first-order valence-corrected chi connectivity index (χ1v) is 17.7. The van der Waals surface area contributed by atoms with Crippen LogP contribution in [0.25, 0.3) is 11.1 Å². The number of hydrogen-bond acceptors (Lipinski definition) is 12. The lowest BCUT2D eigenvalue weighted by Crippen LogP contribution is -2.32. The third kappa shape index (κ3) is 15.6. The zero-order valence-corrected chi connectivity index (χ0v) is 30.8. The summed E-state index contributed by atoms with van der Waals surface area (Å²) < 4.78 is 37.0. The van der Waals surface area contributed by atoms with Crippen LogP contribution in [-0.2, 0) is 57.1 Å². The Morgan fingerprint density at radius 1 is 0.731 bits per heavy atom. The van der Waals surface area contributed by atoms with E-state index in [1.54, 1.807) is 20.8 Å². The normalized spacial score (nSPS) is 12.8. The third-order valence-electron chi connectivity index (χ3n) is 8.01. The minimum Gasteiger partial charge on any atom is -0.467 e. The summed E-state index contributed by atoms with van der Waals surface area (Å²) in [6.45, 7) is 7.16. The quantitative estimate of drug-likeness (QED) is 0.0884. The van der Waals surface area contributed by atoms with Gasteiger partial charge in [-0.05, 0) is 55.9 Å². The lowest BCUT2D eigenvalue weighted by Gasteiger charge is -2.24. The van der Waals surface area contributed by atoms with Gasteiger partial charge in [-0.1, -0.05) is 48.5 Å². The first kappa shape index (κ1) is 42.2. The van der Waals surface area contributed by atoms with Crippen LogP contribution < -0.4 is 5.32 Å². The second-order valence-electron chi connectivity index (χ2n) is 13.3. The summed E-state index contributed by atoms with van der Waals surface area (Å²) >= 11 is 0. The van der Waals surface area contributed by atoms with Gasteiger partial charge in [0.05, 0.1) is 52.5 Å². The Morgan fingerprint density at radius 3 is 1.96 bits per heavy atom. The molecule has 0 saturated carbocycles. The van der Waals surface area contributed by atoms with Crippen LogP contribution >= 0.6 is 0 Å². The molecule has 3 rings (SSSR count). The van der Waals surface area contributed by atoms with Gasteiger partial charge in [0.1, 0.15) is 25.4 Å². The fraction of sp³-hybridized carbons (Fsp3) is 0.564. The third-order valence-corrected chi connectivity index (χ3v) is 8.01. The highest BCUT2D eigenvalue weighted by atomic mass is 16.6. The minimum absolute atomic E-state index is 0.0139. The molecule has 2 aromatic rings. The molecule has 0 aliphatic heterocycles. The Labute approximate surface area is 305 Å². The van der Waals surface area contributed by atoms with E-state index in [2.05, 4.69) is 22.2 Å². The van der Waals surface area contributed by atoms with Gasteiger partial charge in [0.15, 0.2) is 5.78 Å². The van der Waals surface area contributed by atoms with E-state index in [0.717, 1.165) is 22.3 Å². The van der Waals surface area contributed by atoms with Gasteiger partial charge in [-0.15, -0.1) is 0 Å². The average molecular weight is 728 g/mol. The first-order chi connectivity index (χ1) is 25.0. The van der Waals surface area contributed by atoms with Crippen molar-refractivity contribution in [3.8, 4) is 11.1 Å². The highest BCUT2D eigenvalue weighted by Crippen LogP contribution is 2.44. The fourth-order valence-corrected chi connectivity index (χ4v) is 5.50. The highest BCUT2D eigenvalue weighted by Gasteiger charge is 2.31. The van der Waals surface area contributed by atoms with Gasteiger partial charge >= 0.3 is 17.9 Å². The Kier molecular flexibility index (Phi) is 18.4. The number of ketones is 1. The molecule has 0 radical (unpaired) electrons. The molecule has 0 heterocycles. The molecule has 0 saturated heterocycles. The number of ether oxygens (including phenoxy) is 7. The van der Waals surface area contributed by atoms with E-state index in [0.29, 0.717) is 26.1 Å². The van der Waals surface area contributed by atoms with Crippen LogP contribution in [0.2, 0.25) is 0 Å². The van der Waals surface area contributed by atoms with Gasteiger partial charge in [0.25, 0.3) is 0 Å². The van der Waals surface area contributed by atoms with Crippen molar-refractivity contribution in [1.29, 1.82) is 0 Å². The van der Waals surface area contributed by atoms with Crippen LogP contribution in [0.5, 0.6) is 0 Å². The number of carbonyl (C=O) groups is 5. The lowest BCUT2D eigenvalue weighted by molar-refractivity contribution is -0.164. The van der Waals surface area contributed by atoms with E-state index < -0.39 is 29.4 Å². The predicted molar refractivity (Wildman–Crippen MR) is 190 cm³/mol. The summed E-state index contributed by atoms with van der Waals surface area (Å²) in [6, 6.07) is 16.1. The smallest absolute Gasteiger partial charge is 0.331 e. The molecule has 52 heavy (non-hydrogen) atoms. The Balaban J connectivity index is 1.28. The number of rotatable bonds is 25. The second kappa shape index (κ2) is 22.7. The molecule has 0 bridgehead atoms. The highest BCUT2D eigenvalue weighted by molar-refractivity contribution is 5.82. The van der Waals surface area contributed by atoms with Gasteiger partial charge in [-0.2, -0.15) is 0 Å². The predicted octanol–water partition coefficient (Wildman–Crippen LogP) is 4.18. The van der Waals surface area contributed by atoms with Crippen LogP contribution in [0, 0.1) is 5.92 Å².